The van der Waals surface area contributed by atoms with E-state index in [0.29, 0.717) is 19.4 Å². The highest BCUT2D eigenvalue weighted by atomic mass is 16.2. The Bertz CT molecular complexity index is 886. The third kappa shape index (κ3) is 4.41. The first-order chi connectivity index (χ1) is 12.1. The molecule has 0 atom stereocenters. The first-order valence-corrected chi connectivity index (χ1v) is 8.04. The van der Waals surface area contributed by atoms with Gasteiger partial charge >= 0.3 is 0 Å². The van der Waals surface area contributed by atoms with Crippen LogP contribution in [0.2, 0.25) is 0 Å². The molecule has 7 nitrogen and oxygen atoms in total. The number of aromatic nitrogens is 3. The van der Waals surface area contributed by atoms with Gasteiger partial charge in [0.2, 0.25) is 11.8 Å². The maximum atomic E-state index is 12.0. The summed E-state index contributed by atoms with van der Waals surface area (Å²) < 4.78 is 1.91. The maximum Gasteiger partial charge on any atom is 0.224 e. The van der Waals surface area contributed by atoms with Gasteiger partial charge in [-0.15, -0.1) is 10.2 Å². The van der Waals surface area contributed by atoms with E-state index in [4.69, 9.17) is 0 Å². The van der Waals surface area contributed by atoms with E-state index in [0.717, 1.165) is 22.7 Å². The van der Waals surface area contributed by atoms with Gasteiger partial charge in [-0.05, 0) is 29.8 Å². The minimum absolute atomic E-state index is 0.0545. The largest absolute Gasteiger partial charge is 0.355 e. The number of nitrogens with one attached hydrogen (secondary N) is 2. The van der Waals surface area contributed by atoms with Crippen LogP contribution < -0.4 is 10.6 Å². The molecule has 3 aromatic rings. The molecule has 0 spiro atoms. The van der Waals surface area contributed by atoms with E-state index in [1.54, 1.807) is 12.1 Å². The summed E-state index contributed by atoms with van der Waals surface area (Å²) in [7, 11) is 0. The summed E-state index contributed by atoms with van der Waals surface area (Å²) in [5, 5.41) is 13.8. The lowest BCUT2D eigenvalue weighted by molar-refractivity contribution is -0.120. The number of pyridine rings is 1. The molecule has 2 amide bonds. The molecular formula is C18H19N5O2. The fourth-order valence-corrected chi connectivity index (χ4v) is 2.53. The van der Waals surface area contributed by atoms with Gasteiger partial charge in [-0.25, -0.2) is 0 Å². The van der Waals surface area contributed by atoms with Crippen molar-refractivity contribution in [2.24, 2.45) is 0 Å². The summed E-state index contributed by atoms with van der Waals surface area (Å²) in [6.07, 6.45) is 2.81. The van der Waals surface area contributed by atoms with Crippen molar-refractivity contribution in [1.82, 2.24) is 19.9 Å². The van der Waals surface area contributed by atoms with Gasteiger partial charge in [-0.1, -0.05) is 18.2 Å². The van der Waals surface area contributed by atoms with Crippen molar-refractivity contribution in [3.8, 4) is 0 Å². The number of carbonyl (C=O) groups is 2. The van der Waals surface area contributed by atoms with Crippen LogP contribution in [0.3, 0.4) is 0 Å². The summed E-state index contributed by atoms with van der Waals surface area (Å²) in [6, 6.07) is 12.9. The van der Waals surface area contributed by atoms with E-state index in [1.807, 2.05) is 40.9 Å². The number of hydrogen-bond donors (Lipinski definition) is 2. The standard InChI is InChI=1S/C18H19N5O2/c1-13(24)20-15-7-5-14(6-8-15)12-18(25)19-10-9-17-22-21-16-4-2-3-11-23(16)17/h2-8,11H,9-10,12H2,1H3,(H,19,25)(H,20,24). The van der Waals surface area contributed by atoms with Crippen LogP contribution in [0.4, 0.5) is 5.69 Å². The average molecular weight is 337 g/mol. The van der Waals surface area contributed by atoms with E-state index in [1.165, 1.54) is 6.92 Å². The molecule has 0 fully saturated rings. The molecule has 0 saturated carbocycles. The third-order valence-corrected chi connectivity index (χ3v) is 3.69. The Labute approximate surface area is 145 Å². The minimum Gasteiger partial charge on any atom is -0.355 e. The fraction of sp³-hybridized carbons (Fsp3) is 0.222. The topological polar surface area (TPSA) is 88.4 Å². The number of hydrogen-bond acceptors (Lipinski definition) is 4. The first kappa shape index (κ1) is 16.6. The zero-order valence-electron chi connectivity index (χ0n) is 13.9. The smallest absolute Gasteiger partial charge is 0.224 e. The summed E-state index contributed by atoms with van der Waals surface area (Å²) in [6.45, 7) is 1.96. The molecule has 0 aliphatic carbocycles. The summed E-state index contributed by atoms with van der Waals surface area (Å²) in [5.41, 5.74) is 2.40. The molecule has 128 valence electrons. The molecule has 0 unspecified atom stereocenters. The Morgan fingerprint density at radius 1 is 1.08 bits per heavy atom. The quantitative estimate of drug-likeness (QED) is 0.715. The van der Waals surface area contributed by atoms with Crippen molar-refractivity contribution in [2.75, 3.05) is 11.9 Å². The zero-order chi connectivity index (χ0) is 17.6. The van der Waals surface area contributed by atoms with Gasteiger partial charge in [0.1, 0.15) is 5.82 Å². The Balaban J connectivity index is 1.49. The monoisotopic (exact) mass is 337 g/mol. The number of anilines is 1. The predicted octanol–water partition coefficient (Wildman–Crippen LogP) is 1.59. The number of rotatable bonds is 6. The number of nitrogens with zero attached hydrogens (tertiary/aromatic N) is 3. The maximum absolute atomic E-state index is 12.0. The molecule has 2 heterocycles. The van der Waals surface area contributed by atoms with Crippen molar-refractivity contribution in [3.63, 3.8) is 0 Å². The van der Waals surface area contributed by atoms with Gasteiger partial charge in [0.25, 0.3) is 0 Å². The number of carbonyl (C=O) groups excluding carboxylic acids is 2. The van der Waals surface area contributed by atoms with Crippen LogP contribution in [0.15, 0.2) is 48.7 Å². The lowest BCUT2D eigenvalue weighted by Gasteiger charge is -2.06. The zero-order valence-corrected chi connectivity index (χ0v) is 13.9. The molecule has 0 bridgehead atoms. The van der Waals surface area contributed by atoms with Crippen LogP contribution in [0.5, 0.6) is 0 Å². The Kier molecular flexibility index (Phi) is 5.03. The first-order valence-electron chi connectivity index (χ1n) is 8.04. The lowest BCUT2D eigenvalue weighted by Crippen LogP contribution is -2.27. The van der Waals surface area contributed by atoms with Crippen molar-refractivity contribution >= 4 is 23.1 Å². The summed E-state index contributed by atoms with van der Waals surface area (Å²) >= 11 is 0. The van der Waals surface area contributed by atoms with Crippen LogP contribution in [-0.4, -0.2) is 33.0 Å². The average Bonchev–Trinajstić information content (AvgIpc) is 3.00. The van der Waals surface area contributed by atoms with E-state index in [9.17, 15) is 9.59 Å². The number of fused-ring (bicyclic) bond motifs is 1. The van der Waals surface area contributed by atoms with Gasteiger partial charge in [0.15, 0.2) is 5.65 Å². The van der Waals surface area contributed by atoms with Crippen LogP contribution in [0, 0.1) is 0 Å². The van der Waals surface area contributed by atoms with Crippen LogP contribution >= 0.6 is 0 Å². The molecule has 25 heavy (non-hydrogen) atoms. The number of amides is 2. The van der Waals surface area contributed by atoms with Gasteiger partial charge in [0.05, 0.1) is 6.42 Å². The van der Waals surface area contributed by atoms with E-state index in [-0.39, 0.29) is 11.8 Å². The highest BCUT2D eigenvalue weighted by molar-refractivity contribution is 5.88. The third-order valence-electron chi connectivity index (χ3n) is 3.69. The molecule has 0 saturated heterocycles. The SMILES string of the molecule is CC(=O)Nc1ccc(CC(=O)NCCc2nnc3ccccn23)cc1. The Hall–Kier alpha value is -3.22. The fourth-order valence-electron chi connectivity index (χ4n) is 2.53. The molecule has 1 aromatic carbocycles. The Morgan fingerprint density at radius 3 is 2.64 bits per heavy atom. The van der Waals surface area contributed by atoms with E-state index < -0.39 is 0 Å². The second-order valence-corrected chi connectivity index (χ2v) is 5.70. The lowest BCUT2D eigenvalue weighted by atomic mass is 10.1. The van der Waals surface area contributed by atoms with E-state index in [2.05, 4.69) is 20.8 Å². The molecule has 2 N–H and O–H groups in total. The molecule has 0 aliphatic heterocycles. The normalized spacial score (nSPS) is 10.6. The molecule has 3 rings (SSSR count). The van der Waals surface area contributed by atoms with Crippen molar-refractivity contribution in [3.05, 3.63) is 60.0 Å². The van der Waals surface area contributed by atoms with Crippen LogP contribution in [0.1, 0.15) is 18.3 Å². The van der Waals surface area contributed by atoms with Crippen LogP contribution in [0.25, 0.3) is 5.65 Å². The molecular weight excluding hydrogens is 318 g/mol. The molecule has 0 radical (unpaired) electrons. The number of benzene rings is 1. The predicted molar refractivity (Wildman–Crippen MR) is 94.2 cm³/mol. The Morgan fingerprint density at radius 2 is 1.88 bits per heavy atom. The summed E-state index contributed by atoms with van der Waals surface area (Å²) in [4.78, 5) is 23.0. The second-order valence-electron chi connectivity index (χ2n) is 5.70. The van der Waals surface area contributed by atoms with Crippen LogP contribution in [-0.2, 0) is 22.4 Å². The van der Waals surface area contributed by atoms with Crippen molar-refractivity contribution in [1.29, 1.82) is 0 Å². The highest BCUT2D eigenvalue weighted by Crippen LogP contribution is 2.10. The molecule has 2 aromatic heterocycles. The van der Waals surface area contributed by atoms with Gasteiger partial charge in [-0.2, -0.15) is 0 Å². The molecule has 0 aliphatic rings. The van der Waals surface area contributed by atoms with Gasteiger partial charge in [0, 0.05) is 31.8 Å². The van der Waals surface area contributed by atoms with Gasteiger partial charge < -0.3 is 10.6 Å². The van der Waals surface area contributed by atoms with Crippen molar-refractivity contribution in [2.45, 2.75) is 19.8 Å². The molecule has 7 heteroatoms. The summed E-state index contributed by atoms with van der Waals surface area (Å²) in [5.74, 6) is 0.642. The van der Waals surface area contributed by atoms with Crippen molar-refractivity contribution < 1.29 is 9.59 Å². The minimum atomic E-state index is -0.119. The van der Waals surface area contributed by atoms with Gasteiger partial charge in [-0.3, -0.25) is 14.0 Å². The highest BCUT2D eigenvalue weighted by Gasteiger charge is 2.07. The van der Waals surface area contributed by atoms with E-state index >= 15 is 0 Å². The second kappa shape index (κ2) is 7.57.